The Hall–Kier alpha value is -1.07. The Balaban J connectivity index is 2.21. The number of alkyl halides is 1. The summed E-state index contributed by atoms with van der Waals surface area (Å²) in [5.74, 6) is 0.485. The number of nitrogens with zero attached hydrogens (tertiary/aromatic N) is 2. The fourth-order valence-electron chi connectivity index (χ4n) is 1.95. The first-order valence-corrected chi connectivity index (χ1v) is 7.58. The summed E-state index contributed by atoms with van der Waals surface area (Å²) in [5.41, 5.74) is 2.51. The van der Waals surface area contributed by atoms with Crippen molar-refractivity contribution >= 4 is 27.5 Å². The van der Waals surface area contributed by atoms with E-state index in [1.54, 1.807) is 6.07 Å². The molecular formula is C14H15BrClFN2O. The molecule has 0 fully saturated rings. The smallest absolute Gasteiger partial charge is 0.131 e. The monoisotopic (exact) mass is 360 g/mol. The molecule has 0 saturated heterocycles. The van der Waals surface area contributed by atoms with Gasteiger partial charge in [0.25, 0.3) is 0 Å². The van der Waals surface area contributed by atoms with Gasteiger partial charge in [0.15, 0.2) is 0 Å². The first-order valence-electron chi connectivity index (χ1n) is 6.25. The Morgan fingerprint density at radius 3 is 2.85 bits per heavy atom. The highest BCUT2D eigenvalue weighted by atomic mass is 79.9. The largest absolute Gasteiger partial charge is 0.487 e. The molecule has 0 radical (unpaired) electrons. The summed E-state index contributed by atoms with van der Waals surface area (Å²) >= 11 is 9.32. The maximum atomic E-state index is 13.1. The number of ether oxygens (including phenoxy) is 1. The number of aromatic nitrogens is 2. The van der Waals surface area contributed by atoms with Crippen LogP contribution in [-0.2, 0) is 19.0 Å². The van der Waals surface area contributed by atoms with Crippen LogP contribution in [0.3, 0.4) is 0 Å². The molecule has 0 aliphatic heterocycles. The van der Waals surface area contributed by atoms with Crippen molar-refractivity contribution < 1.29 is 9.13 Å². The normalized spacial score (nSPS) is 10.8. The van der Waals surface area contributed by atoms with Gasteiger partial charge in [-0.05, 0) is 48.0 Å². The van der Waals surface area contributed by atoms with Crippen LogP contribution >= 0.6 is 27.5 Å². The van der Waals surface area contributed by atoms with E-state index in [0.29, 0.717) is 17.9 Å². The number of benzene rings is 1. The first-order chi connectivity index (χ1) is 9.56. The van der Waals surface area contributed by atoms with Gasteiger partial charge in [-0.25, -0.2) is 4.39 Å². The van der Waals surface area contributed by atoms with Crippen LogP contribution in [0.15, 0.2) is 22.7 Å². The predicted octanol–water partition coefficient (Wildman–Crippen LogP) is 4.43. The Bertz CT molecular complexity index is 615. The lowest BCUT2D eigenvalue weighted by atomic mass is 10.2. The molecule has 108 valence electrons. The Labute approximate surface area is 130 Å². The zero-order chi connectivity index (χ0) is 14.7. The molecule has 6 heteroatoms. The molecule has 3 nitrogen and oxygen atoms in total. The Morgan fingerprint density at radius 1 is 1.45 bits per heavy atom. The van der Waals surface area contributed by atoms with Crippen molar-refractivity contribution in [3.8, 4) is 5.75 Å². The minimum atomic E-state index is -0.316. The molecule has 2 aromatic rings. The standard InChI is InChI=1S/C14H15BrClFN2O/c1-3-19-12(14(15)9(2)18-19)8-20-13-5-4-11(17)6-10(13)7-16/h4-6H,3,7-8H2,1-2H3. The number of rotatable bonds is 5. The van der Waals surface area contributed by atoms with Crippen molar-refractivity contribution in [2.24, 2.45) is 0 Å². The number of hydrogen-bond acceptors (Lipinski definition) is 2. The molecular weight excluding hydrogens is 347 g/mol. The zero-order valence-corrected chi connectivity index (χ0v) is 13.6. The lowest BCUT2D eigenvalue weighted by Crippen LogP contribution is -2.07. The van der Waals surface area contributed by atoms with Gasteiger partial charge in [0.1, 0.15) is 18.2 Å². The Morgan fingerprint density at radius 2 is 2.20 bits per heavy atom. The number of aryl methyl sites for hydroxylation is 2. The molecule has 0 saturated carbocycles. The summed E-state index contributed by atoms with van der Waals surface area (Å²) in [6, 6.07) is 4.35. The van der Waals surface area contributed by atoms with Crippen LogP contribution in [0.25, 0.3) is 0 Å². The van der Waals surface area contributed by atoms with Crippen LogP contribution in [0.2, 0.25) is 0 Å². The highest BCUT2D eigenvalue weighted by Crippen LogP contribution is 2.26. The second-order valence-electron chi connectivity index (χ2n) is 4.34. The van der Waals surface area contributed by atoms with E-state index in [1.807, 2.05) is 18.5 Å². The van der Waals surface area contributed by atoms with E-state index >= 15 is 0 Å². The van der Waals surface area contributed by atoms with Gasteiger partial charge in [-0.1, -0.05) is 0 Å². The van der Waals surface area contributed by atoms with Crippen LogP contribution in [0.1, 0.15) is 23.9 Å². The second-order valence-corrected chi connectivity index (χ2v) is 5.40. The first kappa shape index (κ1) is 15.3. The van der Waals surface area contributed by atoms with E-state index in [9.17, 15) is 4.39 Å². The topological polar surface area (TPSA) is 27.1 Å². The van der Waals surface area contributed by atoms with Gasteiger partial charge in [0, 0.05) is 12.1 Å². The van der Waals surface area contributed by atoms with Crippen molar-refractivity contribution in [1.29, 1.82) is 0 Å². The van der Waals surface area contributed by atoms with E-state index in [4.69, 9.17) is 16.3 Å². The van der Waals surface area contributed by atoms with E-state index in [1.165, 1.54) is 12.1 Å². The molecule has 0 atom stereocenters. The molecule has 0 aliphatic carbocycles. The fraction of sp³-hybridized carbons (Fsp3) is 0.357. The second kappa shape index (κ2) is 6.59. The SMILES string of the molecule is CCn1nc(C)c(Br)c1COc1ccc(F)cc1CCl. The van der Waals surface area contributed by atoms with Gasteiger partial charge in [-0.3, -0.25) is 4.68 Å². The van der Waals surface area contributed by atoms with E-state index < -0.39 is 0 Å². The van der Waals surface area contributed by atoms with Crippen molar-refractivity contribution in [2.75, 3.05) is 0 Å². The predicted molar refractivity (Wildman–Crippen MR) is 80.6 cm³/mol. The summed E-state index contributed by atoms with van der Waals surface area (Å²) in [5, 5.41) is 4.40. The third kappa shape index (κ3) is 3.15. The maximum Gasteiger partial charge on any atom is 0.131 e. The lowest BCUT2D eigenvalue weighted by molar-refractivity contribution is 0.289. The summed E-state index contributed by atoms with van der Waals surface area (Å²) in [7, 11) is 0. The van der Waals surface area contributed by atoms with Crippen LogP contribution in [-0.4, -0.2) is 9.78 Å². The molecule has 0 bridgehead atoms. The molecule has 1 heterocycles. The molecule has 20 heavy (non-hydrogen) atoms. The van der Waals surface area contributed by atoms with Crippen molar-refractivity contribution in [3.63, 3.8) is 0 Å². The van der Waals surface area contributed by atoms with E-state index in [0.717, 1.165) is 22.4 Å². The van der Waals surface area contributed by atoms with Gasteiger partial charge < -0.3 is 4.74 Å². The maximum absolute atomic E-state index is 13.1. The zero-order valence-electron chi connectivity index (χ0n) is 11.3. The van der Waals surface area contributed by atoms with Gasteiger partial charge >= 0.3 is 0 Å². The van der Waals surface area contributed by atoms with Crippen LogP contribution < -0.4 is 4.74 Å². The third-order valence-electron chi connectivity index (χ3n) is 2.98. The highest BCUT2D eigenvalue weighted by Gasteiger charge is 2.13. The fourth-order valence-corrected chi connectivity index (χ4v) is 2.55. The lowest BCUT2D eigenvalue weighted by Gasteiger charge is -2.11. The molecule has 2 rings (SSSR count). The summed E-state index contributed by atoms with van der Waals surface area (Å²) in [4.78, 5) is 0. The third-order valence-corrected chi connectivity index (χ3v) is 4.30. The van der Waals surface area contributed by atoms with Crippen molar-refractivity contribution in [2.45, 2.75) is 32.9 Å². The number of hydrogen-bond donors (Lipinski definition) is 0. The van der Waals surface area contributed by atoms with Crippen molar-refractivity contribution in [3.05, 3.63) is 45.4 Å². The van der Waals surface area contributed by atoms with E-state index in [-0.39, 0.29) is 11.7 Å². The van der Waals surface area contributed by atoms with Gasteiger partial charge in [0.05, 0.1) is 21.7 Å². The minimum Gasteiger partial charge on any atom is -0.487 e. The van der Waals surface area contributed by atoms with Crippen LogP contribution in [0.4, 0.5) is 4.39 Å². The Kier molecular flexibility index (Phi) is 5.05. The van der Waals surface area contributed by atoms with E-state index in [2.05, 4.69) is 21.0 Å². The van der Waals surface area contributed by atoms with Gasteiger partial charge in [0.2, 0.25) is 0 Å². The molecule has 0 amide bonds. The van der Waals surface area contributed by atoms with Crippen LogP contribution in [0.5, 0.6) is 5.75 Å². The summed E-state index contributed by atoms with van der Waals surface area (Å²) in [6.45, 7) is 5.06. The number of halogens is 3. The average Bonchev–Trinajstić information content (AvgIpc) is 2.72. The highest BCUT2D eigenvalue weighted by molar-refractivity contribution is 9.10. The molecule has 0 N–H and O–H groups in total. The van der Waals surface area contributed by atoms with Crippen molar-refractivity contribution in [1.82, 2.24) is 9.78 Å². The molecule has 0 aliphatic rings. The molecule has 1 aromatic heterocycles. The van der Waals surface area contributed by atoms with Gasteiger partial charge in [-0.15, -0.1) is 11.6 Å². The summed E-state index contributed by atoms with van der Waals surface area (Å²) < 4.78 is 21.7. The average molecular weight is 362 g/mol. The molecule has 0 unspecified atom stereocenters. The minimum absolute atomic E-state index is 0.209. The van der Waals surface area contributed by atoms with Gasteiger partial charge in [-0.2, -0.15) is 5.10 Å². The summed E-state index contributed by atoms with van der Waals surface area (Å²) in [6.07, 6.45) is 0. The molecule has 0 spiro atoms. The molecule has 1 aromatic carbocycles. The van der Waals surface area contributed by atoms with Crippen LogP contribution in [0, 0.1) is 12.7 Å². The quantitative estimate of drug-likeness (QED) is 0.737.